The van der Waals surface area contributed by atoms with E-state index in [1.807, 2.05) is 49.4 Å². The van der Waals surface area contributed by atoms with Crippen molar-refractivity contribution in [3.63, 3.8) is 0 Å². The number of halogens is 1. The van der Waals surface area contributed by atoms with Crippen LogP contribution in [0.5, 0.6) is 5.75 Å². The fraction of sp³-hybridized carbons (Fsp3) is 0.158. The summed E-state index contributed by atoms with van der Waals surface area (Å²) in [5, 5.41) is 14.5. The lowest BCUT2D eigenvalue weighted by Gasteiger charge is -2.11. The molecule has 6 nitrogen and oxygen atoms in total. The molecule has 2 heterocycles. The van der Waals surface area contributed by atoms with Gasteiger partial charge in [0.2, 0.25) is 5.16 Å². The van der Waals surface area contributed by atoms with Crippen LogP contribution in [0.3, 0.4) is 0 Å². The van der Waals surface area contributed by atoms with E-state index in [9.17, 15) is 0 Å². The average molecular weight is 398 g/mol. The predicted molar refractivity (Wildman–Crippen MR) is 107 cm³/mol. The van der Waals surface area contributed by atoms with E-state index in [2.05, 4.69) is 20.5 Å². The van der Waals surface area contributed by atoms with Gasteiger partial charge < -0.3 is 4.74 Å². The molecule has 0 saturated heterocycles. The van der Waals surface area contributed by atoms with Crippen molar-refractivity contribution in [2.45, 2.75) is 17.8 Å². The quantitative estimate of drug-likeness (QED) is 0.463. The molecule has 4 rings (SSSR count). The van der Waals surface area contributed by atoms with Gasteiger partial charge in [-0.25, -0.2) is 0 Å². The number of benzene rings is 2. The van der Waals surface area contributed by atoms with Crippen molar-refractivity contribution < 1.29 is 4.74 Å². The van der Waals surface area contributed by atoms with Crippen LogP contribution < -0.4 is 4.74 Å². The maximum absolute atomic E-state index is 6.44. The number of nitrogens with zero attached hydrogens (tertiary/aromatic N) is 5. The summed E-state index contributed by atoms with van der Waals surface area (Å²) in [5.41, 5.74) is 3.75. The second kappa shape index (κ2) is 7.54. The monoisotopic (exact) mass is 397 g/mol. The molecule has 0 fully saturated rings. The summed E-state index contributed by atoms with van der Waals surface area (Å²) in [6.45, 7) is 2.02. The zero-order chi connectivity index (χ0) is 18.8. The van der Waals surface area contributed by atoms with Crippen LogP contribution in [0.25, 0.3) is 16.6 Å². The summed E-state index contributed by atoms with van der Waals surface area (Å²) in [6, 6.07) is 13.7. The lowest BCUT2D eigenvalue weighted by Crippen LogP contribution is -2.02. The van der Waals surface area contributed by atoms with Crippen LogP contribution >= 0.6 is 23.4 Å². The number of aromatic nitrogens is 5. The van der Waals surface area contributed by atoms with E-state index in [-0.39, 0.29) is 0 Å². The molecule has 0 aliphatic heterocycles. The van der Waals surface area contributed by atoms with Gasteiger partial charge in [0, 0.05) is 27.9 Å². The Kier molecular flexibility index (Phi) is 4.96. The number of hydrogen-bond donors (Lipinski definition) is 0. The first-order valence-electron chi connectivity index (χ1n) is 8.25. The van der Waals surface area contributed by atoms with Crippen LogP contribution in [0.4, 0.5) is 0 Å². The number of rotatable bonds is 5. The third kappa shape index (κ3) is 3.48. The van der Waals surface area contributed by atoms with Gasteiger partial charge in [-0.2, -0.15) is 4.68 Å². The fourth-order valence-corrected chi connectivity index (χ4v) is 4.06. The Morgan fingerprint density at radius 1 is 1.19 bits per heavy atom. The van der Waals surface area contributed by atoms with Gasteiger partial charge in [-0.15, -0.1) is 5.10 Å². The molecule has 0 radical (unpaired) electrons. The van der Waals surface area contributed by atoms with Gasteiger partial charge in [0.15, 0.2) is 0 Å². The van der Waals surface area contributed by atoms with Crippen molar-refractivity contribution in [1.82, 2.24) is 25.2 Å². The summed E-state index contributed by atoms with van der Waals surface area (Å²) in [7, 11) is 1.63. The highest BCUT2D eigenvalue weighted by atomic mass is 35.5. The average Bonchev–Trinajstić information content (AvgIpc) is 3.15. The third-order valence-corrected chi connectivity index (χ3v) is 5.47. The van der Waals surface area contributed by atoms with Gasteiger partial charge in [0.05, 0.1) is 12.6 Å². The van der Waals surface area contributed by atoms with Gasteiger partial charge in [-0.1, -0.05) is 41.6 Å². The van der Waals surface area contributed by atoms with E-state index in [0.717, 1.165) is 27.7 Å². The molecule has 0 atom stereocenters. The molecule has 4 aromatic rings. The second-order valence-corrected chi connectivity index (χ2v) is 7.29. The number of ether oxygens (including phenoxy) is 1. The maximum atomic E-state index is 6.44. The minimum Gasteiger partial charge on any atom is -0.494 e. The van der Waals surface area contributed by atoms with E-state index in [1.54, 1.807) is 18.0 Å². The molecule has 0 unspecified atom stereocenters. The lowest BCUT2D eigenvalue weighted by molar-refractivity contribution is 0.410. The highest BCUT2D eigenvalue weighted by Gasteiger charge is 2.15. The normalized spacial score (nSPS) is 11.1. The van der Waals surface area contributed by atoms with Gasteiger partial charge in [-0.05, 0) is 47.2 Å². The smallest absolute Gasteiger partial charge is 0.214 e. The van der Waals surface area contributed by atoms with E-state index >= 15 is 0 Å². The number of tetrazole rings is 1. The Morgan fingerprint density at radius 2 is 2.07 bits per heavy atom. The number of aryl methyl sites for hydroxylation is 1. The van der Waals surface area contributed by atoms with Crippen molar-refractivity contribution >= 4 is 34.3 Å². The Morgan fingerprint density at radius 3 is 2.93 bits per heavy atom. The number of pyridine rings is 1. The van der Waals surface area contributed by atoms with Gasteiger partial charge in [-0.3, -0.25) is 4.98 Å². The molecule has 0 spiro atoms. The van der Waals surface area contributed by atoms with Crippen molar-refractivity contribution in [3.05, 3.63) is 64.8 Å². The SMILES string of the molecule is COc1ccc(C)cc1-n1nnnc1SCc1c(Cl)ccc2cccnc12. The Hall–Kier alpha value is -2.64. The molecule has 8 heteroatoms. The zero-order valence-electron chi connectivity index (χ0n) is 14.8. The summed E-state index contributed by atoms with van der Waals surface area (Å²) >= 11 is 7.94. The maximum Gasteiger partial charge on any atom is 0.214 e. The number of thioether (sulfide) groups is 1. The molecular formula is C19H16ClN5OS. The van der Waals surface area contributed by atoms with E-state index in [4.69, 9.17) is 16.3 Å². The van der Waals surface area contributed by atoms with E-state index in [1.165, 1.54) is 11.8 Å². The molecule has 27 heavy (non-hydrogen) atoms. The van der Waals surface area contributed by atoms with Crippen LogP contribution in [0, 0.1) is 6.92 Å². The summed E-state index contributed by atoms with van der Waals surface area (Å²) in [6.07, 6.45) is 1.77. The second-order valence-electron chi connectivity index (χ2n) is 5.94. The Bertz CT molecular complexity index is 1110. The van der Waals surface area contributed by atoms with Gasteiger partial charge in [0.1, 0.15) is 11.4 Å². The zero-order valence-corrected chi connectivity index (χ0v) is 16.3. The van der Waals surface area contributed by atoms with Gasteiger partial charge in [0.25, 0.3) is 0 Å². The lowest BCUT2D eigenvalue weighted by atomic mass is 10.1. The van der Waals surface area contributed by atoms with Crippen molar-refractivity contribution in [3.8, 4) is 11.4 Å². The van der Waals surface area contributed by atoms with Crippen LogP contribution in [0.2, 0.25) is 5.02 Å². The Labute approximate surface area is 165 Å². The largest absolute Gasteiger partial charge is 0.494 e. The number of methoxy groups -OCH3 is 1. The molecule has 136 valence electrons. The third-order valence-electron chi connectivity index (χ3n) is 4.17. The molecule has 0 bridgehead atoms. The molecule has 0 N–H and O–H groups in total. The molecular weight excluding hydrogens is 382 g/mol. The summed E-state index contributed by atoms with van der Waals surface area (Å²) < 4.78 is 7.15. The minimum absolute atomic E-state index is 0.599. The highest BCUT2D eigenvalue weighted by molar-refractivity contribution is 7.98. The van der Waals surface area contributed by atoms with Crippen LogP contribution in [0.1, 0.15) is 11.1 Å². The molecule has 0 saturated carbocycles. The predicted octanol–water partition coefficient (Wildman–Crippen LogP) is 4.47. The van der Waals surface area contributed by atoms with E-state index in [0.29, 0.717) is 21.7 Å². The number of hydrogen-bond acceptors (Lipinski definition) is 6. The van der Waals surface area contributed by atoms with Crippen LogP contribution in [-0.2, 0) is 5.75 Å². The van der Waals surface area contributed by atoms with E-state index < -0.39 is 0 Å². The minimum atomic E-state index is 0.599. The standard InChI is InChI=1S/C19H16ClN5OS/c1-12-5-8-17(26-2)16(10-12)25-19(22-23-24-25)27-11-14-15(20)7-6-13-4-3-9-21-18(13)14/h3-10H,11H2,1-2H3. The first-order valence-corrected chi connectivity index (χ1v) is 9.62. The molecule has 0 aliphatic rings. The molecule has 2 aromatic carbocycles. The summed E-state index contributed by atoms with van der Waals surface area (Å²) in [4.78, 5) is 4.49. The van der Waals surface area contributed by atoms with Crippen molar-refractivity contribution in [2.75, 3.05) is 7.11 Å². The highest BCUT2D eigenvalue weighted by Crippen LogP contribution is 2.32. The Balaban J connectivity index is 1.68. The fourth-order valence-electron chi connectivity index (χ4n) is 2.84. The van der Waals surface area contributed by atoms with Gasteiger partial charge >= 0.3 is 0 Å². The van der Waals surface area contributed by atoms with Crippen LogP contribution in [-0.4, -0.2) is 32.3 Å². The van der Waals surface area contributed by atoms with Crippen molar-refractivity contribution in [1.29, 1.82) is 0 Å². The topological polar surface area (TPSA) is 65.7 Å². The van der Waals surface area contributed by atoms with Crippen LogP contribution in [0.15, 0.2) is 53.8 Å². The number of fused-ring (bicyclic) bond motifs is 1. The van der Waals surface area contributed by atoms with Crippen molar-refractivity contribution in [2.24, 2.45) is 0 Å². The first-order chi connectivity index (χ1) is 13.2. The summed E-state index contributed by atoms with van der Waals surface area (Å²) in [5.74, 6) is 1.31. The molecule has 2 aromatic heterocycles. The first kappa shape index (κ1) is 17.8. The molecule has 0 aliphatic carbocycles. The molecule has 0 amide bonds.